The zero-order valence-corrected chi connectivity index (χ0v) is 12.5. The van der Waals surface area contributed by atoms with Gasteiger partial charge >= 0.3 is 0 Å². The predicted octanol–water partition coefficient (Wildman–Crippen LogP) is 3.14. The van der Waals surface area contributed by atoms with Crippen LogP contribution in [0.3, 0.4) is 0 Å². The van der Waals surface area contributed by atoms with Gasteiger partial charge in [-0.3, -0.25) is 9.78 Å². The Morgan fingerprint density at radius 1 is 1.29 bits per heavy atom. The first-order chi connectivity index (χ1) is 10.2. The summed E-state index contributed by atoms with van der Waals surface area (Å²) in [5, 5.41) is 6.18. The summed E-state index contributed by atoms with van der Waals surface area (Å²) in [5.41, 5.74) is 3.70. The van der Waals surface area contributed by atoms with Crippen molar-refractivity contribution in [2.24, 2.45) is 0 Å². The molecule has 0 saturated heterocycles. The van der Waals surface area contributed by atoms with Crippen LogP contribution in [0.2, 0.25) is 0 Å². The fourth-order valence-corrected chi connectivity index (χ4v) is 2.09. The van der Waals surface area contributed by atoms with Crippen molar-refractivity contribution in [2.45, 2.75) is 26.8 Å². The lowest BCUT2D eigenvalue weighted by atomic mass is 10.1. The third kappa shape index (κ3) is 4.31. The van der Waals surface area contributed by atoms with Crippen molar-refractivity contribution in [2.75, 3.05) is 11.9 Å². The van der Waals surface area contributed by atoms with Crippen molar-refractivity contribution in [3.63, 3.8) is 0 Å². The number of anilines is 1. The van der Waals surface area contributed by atoms with Crippen LogP contribution in [-0.4, -0.2) is 17.4 Å². The van der Waals surface area contributed by atoms with Crippen molar-refractivity contribution in [1.29, 1.82) is 0 Å². The van der Waals surface area contributed by atoms with E-state index < -0.39 is 0 Å². The van der Waals surface area contributed by atoms with Gasteiger partial charge in [-0.25, -0.2) is 0 Å². The Morgan fingerprint density at radius 3 is 2.90 bits per heavy atom. The molecule has 2 rings (SSSR count). The lowest BCUT2D eigenvalue weighted by Gasteiger charge is -2.11. The predicted molar refractivity (Wildman–Crippen MR) is 85.4 cm³/mol. The number of nitrogens with one attached hydrogen (secondary N) is 2. The number of hydrogen-bond donors (Lipinski definition) is 2. The molecule has 0 fully saturated rings. The highest BCUT2D eigenvalue weighted by Crippen LogP contribution is 2.13. The van der Waals surface area contributed by atoms with Gasteiger partial charge in [0, 0.05) is 19.3 Å². The van der Waals surface area contributed by atoms with Crippen molar-refractivity contribution >= 4 is 11.6 Å². The lowest BCUT2D eigenvalue weighted by Crippen LogP contribution is -2.24. The minimum atomic E-state index is -0.0856. The average molecular weight is 283 g/mol. The highest BCUT2D eigenvalue weighted by atomic mass is 16.1. The summed E-state index contributed by atoms with van der Waals surface area (Å²) < 4.78 is 0. The van der Waals surface area contributed by atoms with Crippen LogP contribution in [0.1, 0.15) is 34.8 Å². The highest BCUT2D eigenvalue weighted by Gasteiger charge is 2.10. The van der Waals surface area contributed by atoms with E-state index in [1.165, 1.54) is 5.56 Å². The van der Waals surface area contributed by atoms with Crippen LogP contribution in [0, 0.1) is 6.92 Å². The Bertz CT molecular complexity index is 610. The molecule has 0 spiro atoms. The maximum atomic E-state index is 12.3. The standard InChI is InChI=1S/C17H21N3O/c1-3-8-19-16-12-18-9-7-15(16)17(21)20-11-14-6-4-5-13(2)10-14/h4-7,9-10,12,19H,3,8,11H2,1-2H3,(H,20,21). The first-order valence-corrected chi connectivity index (χ1v) is 7.22. The second kappa shape index (κ2) is 7.43. The first kappa shape index (κ1) is 15.0. The molecular formula is C17H21N3O. The second-order valence-electron chi connectivity index (χ2n) is 5.02. The van der Waals surface area contributed by atoms with E-state index in [1.807, 2.05) is 25.1 Å². The van der Waals surface area contributed by atoms with Gasteiger partial charge in [-0.2, -0.15) is 0 Å². The molecule has 1 aromatic heterocycles. The molecule has 2 aromatic rings. The quantitative estimate of drug-likeness (QED) is 0.856. The zero-order chi connectivity index (χ0) is 15.1. The SMILES string of the molecule is CCCNc1cnccc1C(=O)NCc1cccc(C)c1. The Balaban J connectivity index is 2.03. The van der Waals surface area contributed by atoms with Gasteiger partial charge in [0.25, 0.3) is 5.91 Å². The molecule has 1 aromatic carbocycles. The number of carbonyl (C=O) groups excluding carboxylic acids is 1. The molecule has 21 heavy (non-hydrogen) atoms. The Kier molecular flexibility index (Phi) is 5.32. The van der Waals surface area contributed by atoms with E-state index in [-0.39, 0.29) is 5.91 Å². The van der Waals surface area contributed by atoms with E-state index in [0.29, 0.717) is 12.1 Å². The summed E-state index contributed by atoms with van der Waals surface area (Å²) in [6.07, 6.45) is 4.33. The molecule has 4 heteroatoms. The number of hydrogen-bond acceptors (Lipinski definition) is 3. The maximum Gasteiger partial charge on any atom is 0.253 e. The summed E-state index contributed by atoms with van der Waals surface area (Å²) in [7, 11) is 0. The average Bonchev–Trinajstić information content (AvgIpc) is 2.51. The Hall–Kier alpha value is -2.36. The molecule has 0 aliphatic heterocycles. The third-order valence-electron chi connectivity index (χ3n) is 3.17. The van der Waals surface area contributed by atoms with Crippen LogP contribution in [0.25, 0.3) is 0 Å². The molecule has 0 saturated carbocycles. The number of rotatable bonds is 6. The van der Waals surface area contributed by atoms with Crippen molar-refractivity contribution in [3.05, 3.63) is 59.4 Å². The molecule has 0 aliphatic carbocycles. The third-order valence-corrected chi connectivity index (χ3v) is 3.17. The number of carbonyl (C=O) groups is 1. The van der Waals surface area contributed by atoms with Gasteiger partial charge in [0.15, 0.2) is 0 Å². The van der Waals surface area contributed by atoms with Gasteiger partial charge < -0.3 is 10.6 Å². The van der Waals surface area contributed by atoms with Crippen molar-refractivity contribution in [1.82, 2.24) is 10.3 Å². The number of amides is 1. The minimum absolute atomic E-state index is 0.0856. The van der Waals surface area contributed by atoms with Crippen molar-refractivity contribution < 1.29 is 4.79 Å². The lowest BCUT2D eigenvalue weighted by molar-refractivity contribution is 0.0951. The number of benzene rings is 1. The fraction of sp³-hybridized carbons (Fsp3) is 0.294. The monoisotopic (exact) mass is 283 g/mol. The zero-order valence-electron chi connectivity index (χ0n) is 12.5. The summed E-state index contributed by atoms with van der Waals surface area (Å²) in [5.74, 6) is -0.0856. The van der Waals surface area contributed by atoms with Gasteiger partial charge in [0.1, 0.15) is 0 Å². The smallest absolute Gasteiger partial charge is 0.253 e. The first-order valence-electron chi connectivity index (χ1n) is 7.22. The Morgan fingerprint density at radius 2 is 2.14 bits per heavy atom. The van der Waals surface area contributed by atoms with E-state index in [9.17, 15) is 4.79 Å². The van der Waals surface area contributed by atoms with Crippen LogP contribution >= 0.6 is 0 Å². The summed E-state index contributed by atoms with van der Waals surface area (Å²) in [4.78, 5) is 16.4. The molecule has 1 heterocycles. The molecule has 2 N–H and O–H groups in total. The molecule has 0 aliphatic rings. The minimum Gasteiger partial charge on any atom is -0.383 e. The highest BCUT2D eigenvalue weighted by molar-refractivity contribution is 5.99. The fourth-order valence-electron chi connectivity index (χ4n) is 2.09. The second-order valence-corrected chi connectivity index (χ2v) is 5.02. The molecule has 0 bridgehead atoms. The molecule has 1 amide bonds. The largest absolute Gasteiger partial charge is 0.383 e. The topological polar surface area (TPSA) is 54.0 Å². The van der Waals surface area contributed by atoms with E-state index in [2.05, 4.69) is 28.6 Å². The summed E-state index contributed by atoms with van der Waals surface area (Å²) >= 11 is 0. The normalized spacial score (nSPS) is 10.2. The number of pyridine rings is 1. The van der Waals surface area contributed by atoms with E-state index in [0.717, 1.165) is 24.2 Å². The van der Waals surface area contributed by atoms with Gasteiger partial charge in [-0.05, 0) is 25.0 Å². The summed E-state index contributed by atoms with van der Waals surface area (Å²) in [6.45, 7) is 5.47. The molecule has 4 nitrogen and oxygen atoms in total. The van der Waals surface area contributed by atoms with Crippen LogP contribution in [0.15, 0.2) is 42.7 Å². The molecule has 0 radical (unpaired) electrons. The van der Waals surface area contributed by atoms with Gasteiger partial charge in [0.2, 0.25) is 0 Å². The van der Waals surface area contributed by atoms with Gasteiger partial charge in [-0.15, -0.1) is 0 Å². The van der Waals surface area contributed by atoms with E-state index in [1.54, 1.807) is 18.5 Å². The molecule has 0 unspecified atom stereocenters. The van der Waals surface area contributed by atoms with Gasteiger partial charge in [0.05, 0.1) is 17.4 Å². The van der Waals surface area contributed by atoms with Gasteiger partial charge in [-0.1, -0.05) is 36.8 Å². The molecule has 110 valence electrons. The van der Waals surface area contributed by atoms with Crippen LogP contribution in [0.5, 0.6) is 0 Å². The van der Waals surface area contributed by atoms with E-state index >= 15 is 0 Å². The van der Waals surface area contributed by atoms with Crippen LogP contribution < -0.4 is 10.6 Å². The van der Waals surface area contributed by atoms with E-state index in [4.69, 9.17) is 0 Å². The number of aryl methyl sites for hydroxylation is 1. The molecule has 0 atom stereocenters. The van der Waals surface area contributed by atoms with Crippen LogP contribution in [-0.2, 0) is 6.54 Å². The maximum absolute atomic E-state index is 12.3. The van der Waals surface area contributed by atoms with Crippen LogP contribution in [0.4, 0.5) is 5.69 Å². The van der Waals surface area contributed by atoms with Crippen molar-refractivity contribution in [3.8, 4) is 0 Å². The number of nitrogens with zero attached hydrogens (tertiary/aromatic N) is 1. The Labute approximate surface area is 125 Å². The number of aromatic nitrogens is 1. The molecular weight excluding hydrogens is 262 g/mol. The summed E-state index contributed by atoms with van der Waals surface area (Å²) in [6, 6.07) is 9.86.